The van der Waals surface area contributed by atoms with Crippen LogP contribution in [0, 0.1) is 12.8 Å². The Morgan fingerprint density at radius 3 is 2.48 bits per heavy atom. The summed E-state index contributed by atoms with van der Waals surface area (Å²) in [6, 6.07) is 1.96. The standard InChI is InChI=1S/C25H37NO3/c1-9-19(4)24(27)21(6)15-18(3)12-10-11-17(2)13-14-22-20(5)16-23(28-7)25(26-22)29-8/h9-10,12-13,15-16,21,24,27H,11,14H2,1-8H3/b12-10+,17-13+,18-15+,19-9+/t21-,24+/m1/s1. The number of aliphatic hydroxyl groups is 1. The van der Waals surface area contributed by atoms with Gasteiger partial charge in [0.2, 0.25) is 0 Å². The maximum absolute atomic E-state index is 10.3. The molecular weight excluding hydrogens is 362 g/mol. The lowest BCUT2D eigenvalue weighted by Crippen LogP contribution is -2.17. The van der Waals surface area contributed by atoms with Gasteiger partial charge >= 0.3 is 0 Å². The number of nitrogens with zero attached hydrogens (tertiary/aromatic N) is 1. The second-order valence-corrected chi connectivity index (χ2v) is 7.57. The average molecular weight is 400 g/mol. The number of aromatic nitrogens is 1. The lowest BCUT2D eigenvalue weighted by molar-refractivity contribution is 0.173. The summed E-state index contributed by atoms with van der Waals surface area (Å²) in [5.41, 5.74) is 5.52. The molecule has 1 aromatic rings. The van der Waals surface area contributed by atoms with Crippen LogP contribution in [0.3, 0.4) is 0 Å². The Balaban J connectivity index is 2.71. The molecular formula is C25H37NO3. The summed E-state index contributed by atoms with van der Waals surface area (Å²) in [6.45, 7) is 12.2. The third kappa shape index (κ3) is 7.90. The summed E-state index contributed by atoms with van der Waals surface area (Å²) in [7, 11) is 3.22. The number of aryl methyl sites for hydroxylation is 1. The molecule has 0 aliphatic heterocycles. The molecule has 0 saturated heterocycles. The molecule has 0 aliphatic rings. The predicted octanol–water partition coefficient (Wildman–Crippen LogP) is 5.75. The van der Waals surface area contributed by atoms with Gasteiger partial charge in [-0.2, -0.15) is 0 Å². The molecule has 1 aromatic heterocycles. The van der Waals surface area contributed by atoms with E-state index in [2.05, 4.69) is 43.1 Å². The molecule has 0 unspecified atom stereocenters. The quantitative estimate of drug-likeness (QED) is 0.402. The van der Waals surface area contributed by atoms with E-state index < -0.39 is 6.10 Å². The number of methoxy groups -OCH3 is 2. The maximum atomic E-state index is 10.3. The average Bonchev–Trinajstić information content (AvgIpc) is 2.71. The second-order valence-electron chi connectivity index (χ2n) is 7.57. The number of pyridine rings is 1. The lowest BCUT2D eigenvalue weighted by Gasteiger charge is -2.16. The number of hydrogen-bond donors (Lipinski definition) is 1. The lowest BCUT2D eigenvalue weighted by atomic mass is 9.96. The van der Waals surface area contributed by atoms with Gasteiger partial charge in [0, 0.05) is 12.3 Å². The van der Waals surface area contributed by atoms with Crippen LogP contribution in [0.25, 0.3) is 0 Å². The molecule has 0 bridgehead atoms. The van der Waals surface area contributed by atoms with Crippen molar-refractivity contribution in [2.45, 2.75) is 60.5 Å². The molecule has 0 aromatic carbocycles. The minimum Gasteiger partial charge on any atom is -0.491 e. The first-order chi connectivity index (χ1) is 13.7. The Bertz CT molecular complexity index is 788. The Labute approximate surface area is 176 Å². The summed E-state index contributed by atoms with van der Waals surface area (Å²) in [5.74, 6) is 1.26. The minimum atomic E-state index is -0.429. The number of ether oxygens (including phenoxy) is 2. The highest BCUT2D eigenvalue weighted by molar-refractivity contribution is 5.40. The van der Waals surface area contributed by atoms with Crippen LogP contribution in [-0.4, -0.2) is 30.4 Å². The Kier molecular flexibility index (Phi) is 10.5. The van der Waals surface area contributed by atoms with Crippen LogP contribution in [0.4, 0.5) is 0 Å². The topological polar surface area (TPSA) is 51.6 Å². The van der Waals surface area contributed by atoms with Gasteiger partial charge in [0.25, 0.3) is 5.88 Å². The molecule has 1 heterocycles. The smallest absolute Gasteiger partial charge is 0.256 e. The fraction of sp³-hybridized carbons (Fsp3) is 0.480. The summed E-state index contributed by atoms with van der Waals surface area (Å²) in [6.07, 6.45) is 11.8. The molecule has 0 radical (unpaired) electrons. The van der Waals surface area contributed by atoms with Crippen molar-refractivity contribution in [1.29, 1.82) is 0 Å². The van der Waals surface area contributed by atoms with Crippen molar-refractivity contribution >= 4 is 0 Å². The van der Waals surface area contributed by atoms with Gasteiger partial charge < -0.3 is 14.6 Å². The Hall–Kier alpha value is -2.33. The number of rotatable bonds is 10. The molecule has 4 heteroatoms. The van der Waals surface area contributed by atoms with Crippen LogP contribution < -0.4 is 9.47 Å². The highest BCUT2D eigenvalue weighted by Gasteiger charge is 2.12. The van der Waals surface area contributed by atoms with Crippen molar-refractivity contribution in [3.8, 4) is 11.6 Å². The van der Waals surface area contributed by atoms with E-state index in [1.54, 1.807) is 14.2 Å². The van der Waals surface area contributed by atoms with Crippen LogP contribution in [0.2, 0.25) is 0 Å². The van der Waals surface area contributed by atoms with Crippen molar-refractivity contribution in [2.75, 3.05) is 14.2 Å². The maximum Gasteiger partial charge on any atom is 0.256 e. The zero-order chi connectivity index (χ0) is 22.0. The first-order valence-corrected chi connectivity index (χ1v) is 10.1. The van der Waals surface area contributed by atoms with E-state index in [0.717, 1.165) is 35.2 Å². The molecule has 29 heavy (non-hydrogen) atoms. The van der Waals surface area contributed by atoms with Crippen LogP contribution in [0.1, 0.15) is 52.3 Å². The predicted molar refractivity (Wildman–Crippen MR) is 122 cm³/mol. The van der Waals surface area contributed by atoms with E-state index in [4.69, 9.17) is 9.47 Å². The molecule has 0 saturated carbocycles. The molecule has 0 aliphatic carbocycles. The molecule has 160 valence electrons. The SMILES string of the molecule is C/C=C(\C)[C@H](O)[C@H](C)/C=C(C)/C=C/C/C(C)=C/Cc1nc(OC)c(OC)cc1C. The van der Waals surface area contributed by atoms with Crippen LogP contribution >= 0.6 is 0 Å². The van der Waals surface area contributed by atoms with Crippen molar-refractivity contribution in [3.05, 3.63) is 64.4 Å². The Morgan fingerprint density at radius 2 is 1.90 bits per heavy atom. The molecule has 1 N–H and O–H groups in total. The molecule has 0 spiro atoms. The number of hydrogen-bond acceptors (Lipinski definition) is 4. The largest absolute Gasteiger partial charge is 0.491 e. The van der Waals surface area contributed by atoms with Crippen molar-refractivity contribution in [1.82, 2.24) is 4.98 Å². The number of aliphatic hydroxyl groups excluding tert-OH is 1. The number of allylic oxidation sites excluding steroid dienone is 6. The van der Waals surface area contributed by atoms with Gasteiger partial charge in [0.1, 0.15) is 0 Å². The first-order valence-electron chi connectivity index (χ1n) is 10.1. The highest BCUT2D eigenvalue weighted by atomic mass is 16.5. The van der Waals surface area contributed by atoms with Crippen LogP contribution in [0.5, 0.6) is 11.6 Å². The van der Waals surface area contributed by atoms with Gasteiger partial charge in [0.05, 0.1) is 26.0 Å². The van der Waals surface area contributed by atoms with E-state index in [0.29, 0.717) is 11.6 Å². The normalized spacial score (nSPS) is 15.6. The molecule has 0 fully saturated rings. The van der Waals surface area contributed by atoms with Crippen LogP contribution in [0.15, 0.2) is 53.2 Å². The van der Waals surface area contributed by atoms with Crippen molar-refractivity contribution in [3.63, 3.8) is 0 Å². The fourth-order valence-electron chi connectivity index (χ4n) is 3.04. The van der Waals surface area contributed by atoms with Gasteiger partial charge in [-0.1, -0.05) is 48.5 Å². The third-order valence-corrected chi connectivity index (χ3v) is 5.07. The highest BCUT2D eigenvalue weighted by Crippen LogP contribution is 2.27. The van der Waals surface area contributed by atoms with Crippen molar-refractivity contribution < 1.29 is 14.6 Å². The van der Waals surface area contributed by atoms with Gasteiger partial charge in [-0.15, -0.1) is 0 Å². The monoisotopic (exact) mass is 399 g/mol. The van der Waals surface area contributed by atoms with Crippen molar-refractivity contribution in [2.24, 2.45) is 5.92 Å². The zero-order valence-electron chi connectivity index (χ0n) is 19.2. The fourth-order valence-corrected chi connectivity index (χ4v) is 3.04. The van der Waals surface area contributed by atoms with Gasteiger partial charge in [-0.05, 0) is 58.2 Å². The summed E-state index contributed by atoms with van der Waals surface area (Å²) >= 11 is 0. The molecule has 2 atom stereocenters. The van der Waals surface area contributed by atoms with Crippen LogP contribution in [-0.2, 0) is 6.42 Å². The third-order valence-electron chi connectivity index (χ3n) is 5.07. The van der Waals surface area contributed by atoms with Gasteiger partial charge in [0.15, 0.2) is 5.75 Å². The molecule has 1 rings (SSSR count). The summed E-state index contributed by atoms with van der Waals surface area (Å²) < 4.78 is 10.6. The van der Waals surface area contributed by atoms with E-state index in [-0.39, 0.29) is 5.92 Å². The molecule has 0 amide bonds. The van der Waals surface area contributed by atoms with Gasteiger partial charge in [-0.25, -0.2) is 4.98 Å². The first kappa shape index (κ1) is 24.7. The summed E-state index contributed by atoms with van der Waals surface area (Å²) in [4.78, 5) is 4.57. The second kappa shape index (κ2) is 12.3. The minimum absolute atomic E-state index is 0.0894. The Morgan fingerprint density at radius 1 is 1.21 bits per heavy atom. The summed E-state index contributed by atoms with van der Waals surface area (Å²) in [5, 5.41) is 10.3. The van der Waals surface area contributed by atoms with E-state index in [9.17, 15) is 5.11 Å². The molecule has 4 nitrogen and oxygen atoms in total. The van der Waals surface area contributed by atoms with E-state index >= 15 is 0 Å². The zero-order valence-corrected chi connectivity index (χ0v) is 19.2. The van der Waals surface area contributed by atoms with E-state index in [1.165, 1.54) is 5.57 Å². The van der Waals surface area contributed by atoms with E-state index in [1.807, 2.05) is 39.8 Å². The van der Waals surface area contributed by atoms with Gasteiger partial charge in [-0.3, -0.25) is 0 Å².